The van der Waals surface area contributed by atoms with Gasteiger partial charge in [-0.3, -0.25) is 10.2 Å². The minimum atomic E-state index is -1.39. The highest BCUT2D eigenvalue weighted by molar-refractivity contribution is 5.95. The average Bonchev–Trinajstić information content (AvgIpc) is 2.27. The lowest BCUT2D eigenvalue weighted by Crippen LogP contribution is -2.22. The fourth-order valence-electron chi connectivity index (χ4n) is 1.40. The Kier molecular flexibility index (Phi) is 4.19. The molecule has 0 saturated heterocycles. The second kappa shape index (κ2) is 5.42. The summed E-state index contributed by atoms with van der Waals surface area (Å²) in [5.74, 6) is -1.36. The molecule has 2 unspecified atom stereocenters. The van der Waals surface area contributed by atoms with Crippen LogP contribution in [0.5, 0.6) is 0 Å². The van der Waals surface area contributed by atoms with Crippen LogP contribution in [0.4, 0.5) is 0 Å². The molecule has 0 amide bonds. The first-order valence-corrected chi connectivity index (χ1v) is 4.94. The topological polar surface area (TPSA) is 128 Å². The maximum atomic E-state index is 10.4. The first-order chi connectivity index (χ1) is 7.91. The average molecular weight is 238 g/mol. The fraction of sp³-hybridized carbons (Fsp3) is 0.273. The molecule has 1 rings (SSSR count). The Morgan fingerprint density at radius 3 is 2.59 bits per heavy atom. The molecule has 1 aromatic carbocycles. The number of nitrogens with two attached hydrogens (primary N) is 1. The van der Waals surface area contributed by atoms with Gasteiger partial charge in [-0.05, 0) is 11.6 Å². The van der Waals surface area contributed by atoms with Crippen molar-refractivity contribution in [2.45, 2.75) is 18.6 Å². The molecule has 0 heterocycles. The molecule has 0 aliphatic rings. The first-order valence-electron chi connectivity index (χ1n) is 4.94. The maximum absolute atomic E-state index is 10.4. The van der Waals surface area contributed by atoms with Crippen molar-refractivity contribution in [2.75, 3.05) is 0 Å². The minimum absolute atomic E-state index is 0.160. The molecule has 0 aliphatic heterocycles. The van der Waals surface area contributed by atoms with Crippen LogP contribution in [-0.4, -0.2) is 33.2 Å². The Morgan fingerprint density at radius 1 is 1.41 bits per heavy atom. The summed E-state index contributed by atoms with van der Waals surface area (Å²) in [6.07, 6.45) is -3.26. The summed E-state index contributed by atoms with van der Waals surface area (Å²) in [4.78, 5) is 10.4. The molecule has 0 radical (unpaired) electrons. The number of amidine groups is 1. The van der Waals surface area contributed by atoms with Crippen LogP contribution in [0.3, 0.4) is 0 Å². The molecule has 0 bridgehead atoms. The van der Waals surface area contributed by atoms with Gasteiger partial charge >= 0.3 is 5.97 Å². The van der Waals surface area contributed by atoms with Crippen molar-refractivity contribution in [3.05, 3.63) is 35.4 Å². The molecular formula is C11H14N2O4. The van der Waals surface area contributed by atoms with Gasteiger partial charge < -0.3 is 21.1 Å². The number of hydrogen-bond donors (Lipinski definition) is 5. The maximum Gasteiger partial charge on any atom is 0.306 e. The molecule has 0 aromatic heterocycles. The van der Waals surface area contributed by atoms with Crippen LogP contribution >= 0.6 is 0 Å². The summed E-state index contributed by atoms with van der Waals surface area (Å²) in [6.45, 7) is 0. The molecule has 6 heteroatoms. The van der Waals surface area contributed by atoms with Crippen LogP contribution in [0.2, 0.25) is 0 Å². The summed E-state index contributed by atoms with van der Waals surface area (Å²) in [5, 5.41) is 34.9. The van der Waals surface area contributed by atoms with Gasteiger partial charge in [0, 0.05) is 5.56 Å². The summed E-state index contributed by atoms with van der Waals surface area (Å²) in [7, 11) is 0. The summed E-state index contributed by atoms with van der Waals surface area (Å²) in [5.41, 5.74) is 6.02. The quantitative estimate of drug-likeness (QED) is 0.359. The second-order valence-electron chi connectivity index (χ2n) is 3.65. The van der Waals surface area contributed by atoms with Crippen LogP contribution in [0.1, 0.15) is 23.7 Å². The van der Waals surface area contributed by atoms with E-state index in [2.05, 4.69) is 0 Å². The zero-order chi connectivity index (χ0) is 13.0. The third-order valence-electron chi connectivity index (χ3n) is 2.29. The van der Waals surface area contributed by atoms with E-state index in [9.17, 15) is 15.0 Å². The number of aliphatic hydroxyl groups excluding tert-OH is 2. The summed E-state index contributed by atoms with van der Waals surface area (Å²) < 4.78 is 0. The predicted molar refractivity (Wildman–Crippen MR) is 60.7 cm³/mol. The van der Waals surface area contributed by atoms with Gasteiger partial charge in [-0.1, -0.05) is 18.2 Å². The van der Waals surface area contributed by atoms with Crippen LogP contribution in [-0.2, 0) is 4.79 Å². The molecule has 92 valence electrons. The SMILES string of the molecule is N=C(N)c1cccc(C(O)C(O)CC(=O)O)c1. The Labute approximate surface area is 97.8 Å². The standard InChI is InChI=1S/C11H14N2O4/c12-11(13)7-3-1-2-6(4-7)10(17)8(14)5-9(15)16/h1-4,8,10,14,17H,5H2,(H3,12,13)(H,15,16). The molecule has 0 fully saturated rings. The lowest BCUT2D eigenvalue weighted by Gasteiger charge is -2.17. The van der Waals surface area contributed by atoms with E-state index in [0.717, 1.165) is 0 Å². The number of rotatable bonds is 5. The molecule has 6 nitrogen and oxygen atoms in total. The van der Waals surface area contributed by atoms with Gasteiger partial charge in [0.15, 0.2) is 0 Å². The van der Waals surface area contributed by atoms with E-state index in [1.54, 1.807) is 12.1 Å². The zero-order valence-corrected chi connectivity index (χ0v) is 9.00. The number of carboxylic acids is 1. The van der Waals surface area contributed by atoms with Crippen LogP contribution in [0.25, 0.3) is 0 Å². The Balaban J connectivity index is 2.88. The van der Waals surface area contributed by atoms with Crippen LogP contribution in [0.15, 0.2) is 24.3 Å². The molecule has 0 aliphatic carbocycles. The van der Waals surface area contributed by atoms with E-state index in [1.165, 1.54) is 12.1 Å². The number of carboxylic acid groups (broad SMARTS) is 1. The van der Waals surface area contributed by atoms with Crippen molar-refractivity contribution in [3.8, 4) is 0 Å². The van der Waals surface area contributed by atoms with Gasteiger partial charge in [0.25, 0.3) is 0 Å². The van der Waals surface area contributed by atoms with Crippen molar-refractivity contribution in [3.63, 3.8) is 0 Å². The van der Waals surface area contributed by atoms with E-state index < -0.39 is 24.6 Å². The van der Waals surface area contributed by atoms with Crippen molar-refractivity contribution in [2.24, 2.45) is 5.73 Å². The van der Waals surface area contributed by atoms with E-state index in [4.69, 9.17) is 16.2 Å². The highest BCUT2D eigenvalue weighted by Gasteiger charge is 2.21. The molecule has 6 N–H and O–H groups in total. The van der Waals surface area contributed by atoms with Crippen LogP contribution in [0, 0.1) is 5.41 Å². The van der Waals surface area contributed by atoms with Crippen molar-refractivity contribution < 1.29 is 20.1 Å². The lowest BCUT2D eigenvalue weighted by atomic mass is 10.00. The number of nitrogen functional groups attached to an aromatic ring is 1. The van der Waals surface area contributed by atoms with Crippen LogP contribution < -0.4 is 5.73 Å². The third kappa shape index (κ3) is 3.54. The highest BCUT2D eigenvalue weighted by atomic mass is 16.4. The normalized spacial score (nSPS) is 14.0. The van der Waals surface area contributed by atoms with E-state index >= 15 is 0 Å². The lowest BCUT2D eigenvalue weighted by molar-refractivity contribution is -0.141. The largest absolute Gasteiger partial charge is 0.481 e. The zero-order valence-electron chi connectivity index (χ0n) is 9.00. The number of hydrogen-bond acceptors (Lipinski definition) is 4. The smallest absolute Gasteiger partial charge is 0.306 e. The van der Waals surface area contributed by atoms with Gasteiger partial charge in [0.2, 0.25) is 0 Å². The number of nitrogens with one attached hydrogen (secondary N) is 1. The van der Waals surface area contributed by atoms with Crippen molar-refractivity contribution >= 4 is 11.8 Å². The monoisotopic (exact) mass is 238 g/mol. The van der Waals surface area contributed by atoms with Gasteiger partial charge in [0.1, 0.15) is 11.9 Å². The molecule has 0 spiro atoms. The summed E-state index contributed by atoms with van der Waals surface area (Å²) >= 11 is 0. The molecule has 0 saturated carbocycles. The third-order valence-corrected chi connectivity index (χ3v) is 2.29. The van der Waals surface area contributed by atoms with E-state index in [0.29, 0.717) is 11.1 Å². The Bertz CT molecular complexity index is 433. The fourth-order valence-corrected chi connectivity index (χ4v) is 1.40. The highest BCUT2D eigenvalue weighted by Crippen LogP contribution is 2.19. The molecule has 2 atom stereocenters. The first kappa shape index (κ1) is 13.1. The van der Waals surface area contributed by atoms with E-state index in [-0.39, 0.29) is 5.84 Å². The summed E-state index contributed by atoms with van der Waals surface area (Å²) in [6, 6.07) is 6.13. The Hall–Kier alpha value is -1.92. The Morgan fingerprint density at radius 2 is 2.06 bits per heavy atom. The van der Waals surface area contributed by atoms with Gasteiger partial charge in [0.05, 0.1) is 12.5 Å². The van der Waals surface area contributed by atoms with E-state index in [1.807, 2.05) is 0 Å². The van der Waals surface area contributed by atoms with Gasteiger partial charge in [-0.15, -0.1) is 0 Å². The predicted octanol–water partition coefficient (Wildman–Crippen LogP) is -0.160. The minimum Gasteiger partial charge on any atom is -0.481 e. The molecular weight excluding hydrogens is 224 g/mol. The van der Waals surface area contributed by atoms with Crippen molar-refractivity contribution in [1.29, 1.82) is 5.41 Å². The van der Waals surface area contributed by atoms with Crippen molar-refractivity contribution in [1.82, 2.24) is 0 Å². The van der Waals surface area contributed by atoms with Gasteiger partial charge in [-0.25, -0.2) is 0 Å². The second-order valence-corrected chi connectivity index (χ2v) is 3.65. The number of aliphatic hydroxyl groups is 2. The van der Waals surface area contributed by atoms with Gasteiger partial charge in [-0.2, -0.15) is 0 Å². The number of aliphatic carboxylic acids is 1. The number of carbonyl (C=O) groups is 1. The molecule has 17 heavy (non-hydrogen) atoms. The molecule has 1 aromatic rings. The number of benzene rings is 1.